The quantitative estimate of drug-likeness (QED) is 0.641. The van der Waals surface area contributed by atoms with Crippen LogP contribution in [-0.2, 0) is 20.9 Å². The van der Waals surface area contributed by atoms with Gasteiger partial charge in [0.2, 0.25) is 5.91 Å². The summed E-state index contributed by atoms with van der Waals surface area (Å²) < 4.78 is 7.22. The maximum atomic E-state index is 12.5. The van der Waals surface area contributed by atoms with Gasteiger partial charge in [-0.15, -0.1) is 0 Å². The van der Waals surface area contributed by atoms with Crippen LogP contribution in [0.4, 0.5) is 0 Å². The SMILES string of the molecule is Cc1cccc(-c2n[nH]c(=S)n2CC(=O)N(C)CC(=O)OC(C)(C)C)c1. The molecular weight excluding hydrogens is 352 g/mol. The molecule has 0 saturated carbocycles. The number of nitrogens with zero attached hydrogens (tertiary/aromatic N) is 3. The van der Waals surface area contributed by atoms with Crippen LogP contribution >= 0.6 is 12.2 Å². The number of aromatic nitrogens is 3. The molecule has 26 heavy (non-hydrogen) atoms. The number of carbonyl (C=O) groups excluding carboxylic acids is 2. The molecule has 0 unspecified atom stereocenters. The van der Waals surface area contributed by atoms with Crippen LogP contribution in [0.2, 0.25) is 0 Å². The number of ether oxygens (including phenoxy) is 1. The lowest BCUT2D eigenvalue weighted by atomic mass is 10.1. The molecule has 1 heterocycles. The number of hydrogen-bond donors (Lipinski definition) is 1. The number of hydrogen-bond acceptors (Lipinski definition) is 5. The van der Waals surface area contributed by atoms with Crippen molar-refractivity contribution in [2.45, 2.75) is 39.8 Å². The number of nitrogens with one attached hydrogen (secondary N) is 1. The number of amides is 1. The molecule has 0 fully saturated rings. The van der Waals surface area contributed by atoms with E-state index in [0.29, 0.717) is 10.6 Å². The molecule has 0 aliphatic heterocycles. The van der Waals surface area contributed by atoms with E-state index in [0.717, 1.165) is 11.1 Å². The fourth-order valence-electron chi connectivity index (χ4n) is 2.38. The van der Waals surface area contributed by atoms with Gasteiger partial charge in [-0.25, -0.2) is 0 Å². The van der Waals surface area contributed by atoms with Gasteiger partial charge in [0.15, 0.2) is 10.6 Å². The Morgan fingerprint density at radius 1 is 1.35 bits per heavy atom. The highest BCUT2D eigenvalue weighted by atomic mass is 32.1. The number of likely N-dealkylation sites (N-methyl/N-ethyl adjacent to an activating group) is 1. The summed E-state index contributed by atoms with van der Waals surface area (Å²) in [6.45, 7) is 7.19. The lowest BCUT2D eigenvalue weighted by Crippen LogP contribution is -2.37. The fourth-order valence-corrected chi connectivity index (χ4v) is 2.58. The third-order valence-electron chi connectivity index (χ3n) is 3.54. The lowest BCUT2D eigenvalue weighted by molar-refractivity contribution is -0.158. The third-order valence-corrected chi connectivity index (χ3v) is 3.85. The smallest absolute Gasteiger partial charge is 0.326 e. The molecule has 2 rings (SSSR count). The molecule has 1 N–H and O–H groups in total. The summed E-state index contributed by atoms with van der Waals surface area (Å²) in [5.74, 6) is -0.136. The van der Waals surface area contributed by atoms with E-state index in [1.165, 1.54) is 4.90 Å². The van der Waals surface area contributed by atoms with Crippen molar-refractivity contribution >= 4 is 24.1 Å². The van der Waals surface area contributed by atoms with Crippen LogP contribution in [0.15, 0.2) is 24.3 Å². The Labute approximate surface area is 158 Å². The highest BCUT2D eigenvalue weighted by molar-refractivity contribution is 7.71. The van der Waals surface area contributed by atoms with Gasteiger partial charge in [0.05, 0.1) is 0 Å². The van der Waals surface area contributed by atoms with Gasteiger partial charge in [0.1, 0.15) is 18.7 Å². The van der Waals surface area contributed by atoms with Crippen molar-refractivity contribution in [3.63, 3.8) is 0 Å². The Morgan fingerprint density at radius 3 is 2.65 bits per heavy atom. The van der Waals surface area contributed by atoms with E-state index in [1.807, 2.05) is 31.2 Å². The van der Waals surface area contributed by atoms with E-state index in [2.05, 4.69) is 10.2 Å². The van der Waals surface area contributed by atoms with Gasteiger partial charge in [-0.1, -0.05) is 23.8 Å². The molecule has 0 saturated heterocycles. The summed E-state index contributed by atoms with van der Waals surface area (Å²) in [6, 6.07) is 7.78. The molecule has 0 aliphatic rings. The van der Waals surface area contributed by atoms with E-state index >= 15 is 0 Å². The number of rotatable bonds is 5. The van der Waals surface area contributed by atoms with Crippen LogP contribution in [0.5, 0.6) is 0 Å². The van der Waals surface area contributed by atoms with Crippen LogP contribution in [-0.4, -0.2) is 50.7 Å². The van der Waals surface area contributed by atoms with Crippen LogP contribution in [0.25, 0.3) is 11.4 Å². The Balaban J connectivity index is 2.13. The summed E-state index contributed by atoms with van der Waals surface area (Å²) in [4.78, 5) is 25.8. The minimum atomic E-state index is -0.591. The van der Waals surface area contributed by atoms with Gasteiger partial charge in [-0.05, 0) is 46.0 Å². The van der Waals surface area contributed by atoms with E-state index in [-0.39, 0.29) is 19.0 Å². The first kappa shape index (κ1) is 19.8. The Kier molecular flexibility index (Phi) is 5.97. The number of esters is 1. The Hall–Kier alpha value is -2.48. The molecule has 0 spiro atoms. The van der Waals surface area contributed by atoms with Crippen LogP contribution in [0, 0.1) is 11.7 Å². The molecule has 0 atom stereocenters. The second-order valence-electron chi connectivity index (χ2n) is 7.14. The van der Waals surface area contributed by atoms with Crippen molar-refractivity contribution in [1.29, 1.82) is 0 Å². The fraction of sp³-hybridized carbons (Fsp3) is 0.444. The molecule has 8 heteroatoms. The molecule has 0 aliphatic carbocycles. The zero-order chi connectivity index (χ0) is 19.5. The number of H-pyrrole nitrogens is 1. The predicted molar refractivity (Wildman–Crippen MR) is 101 cm³/mol. The summed E-state index contributed by atoms with van der Waals surface area (Å²) >= 11 is 5.25. The zero-order valence-corrected chi connectivity index (χ0v) is 16.5. The number of benzene rings is 1. The van der Waals surface area contributed by atoms with Crippen molar-refractivity contribution in [1.82, 2.24) is 19.7 Å². The highest BCUT2D eigenvalue weighted by Gasteiger charge is 2.21. The maximum Gasteiger partial charge on any atom is 0.326 e. The molecule has 1 aromatic carbocycles. The van der Waals surface area contributed by atoms with Gasteiger partial charge < -0.3 is 9.64 Å². The van der Waals surface area contributed by atoms with Gasteiger partial charge in [0.25, 0.3) is 0 Å². The number of aromatic amines is 1. The van der Waals surface area contributed by atoms with E-state index in [4.69, 9.17) is 17.0 Å². The Bertz CT molecular complexity index is 864. The van der Waals surface area contributed by atoms with Gasteiger partial charge >= 0.3 is 5.97 Å². The average molecular weight is 376 g/mol. The Morgan fingerprint density at radius 2 is 2.04 bits per heavy atom. The second kappa shape index (κ2) is 7.82. The maximum absolute atomic E-state index is 12.5. The monoisotopic (exact) mass is 376 g/mol. The minimum Gasteiger partial charge on any atom is -0.459 e. The molecule has 1 aromatic heterocycles. The van der Waals surface area contributed by atoms with Crippen molar-refractivity contribution in [2.24, 2.45) is 0 Å². The summed E-state index contributed by atoms with van der Waals surface area (Å²) in [7, 11) is 1.56. The predicted octanol–water partition coefficient (Wildman–Crippen LogP) is 2.72. The van der Waals surface area contributed by atoms with E-state index < -0.39 is 11.6 Å². The van der Waals surface area contributed by atoms with Gasteiger partial charge in [0, 0.05) is 12.6 Å². The van der Waals surface area contributed by atoms with Crippen LogP contribution in [0.3, 0.4) is 0 Å². The topological polar surface area (TPSA) is 80.2 Å². The van der Waals surface area contributed by atoms with Crippen molar-refractivity contribution in [2.75, 3.05) is 13.6 Å². The third kappa shape index (κ3) is 5.26. The molecule has 1 amide bonds. The van der Waals surface area contributed by atoms with Crippen LogP contribution in [0.1, 0.15) is 26.3 Å². The zero-order valence-electron chi connectivity index (χ0n) is 15.7. The summed E-state index contributed by atoms with van der Waals surface area (Å²) in [5, 5.41) is 6.96. The van der Waals surface area contributed by atoms with Crippen molar-refractivity contribution in [3.05, 3.63) is 34.6 Å². The average Bonchev–Trinajstić information content (AvgIpc) is 2.86. The molecule has 7 nitrogen and oxygen atoms in total. The molecule has 0 radical (unpaired) electrons. The number of carbonyl (C=O) groups is 2. The van der Waals surface area contributed by atoms with Gasteiger partial charge in [-0.3, -0.25) is 19.3 Å². The van der Waals surface area contributed by atoms with E-state index in [9.17, 15) is 9.59 Å². The largest absolute Gasteiger partial charge is 0.459 e. The number of aryl methyl sites for hydroxylation is 1. The molecule has 140 valence electrons. The first-order chi connectivity index (χ1) is 12.1. The lowest BCUT2D eigenvalue weighted by Gasteiger charge is -2.22. The van der Waals surface area contributed by atoms with Crippen LogP contribution < -0.4 is 0 Å². The normalized spacial score (nSPS) is 11.3. The van der Waals surface area contributed by atoms with Crippen molar-refractivity contribution in [3.8, 4) is 11.4 Å². The molecule has 2 aromatic rings. The standard InChI is InChI=1S/C18H24N4O3S/c1-12-7-6-8-13(9-12)16-19-20-17(26)22(16)10-14(23)21(5)11-15(24)25-18(2,3)4/h6-9H,10-11H2,1-5H3,(H,20,26). The van der Waals surface area contributed by atoms with Crippen molar-refractivity contribution < 1.29 is 14.3 Å². The molecule has 0 bridgehead atoms. The molecular formula is C18H24N4O3S. The summed E-state index contributed by atoms with van der Waals surface area (Å²) in [6.07, 6.45) is 0. The highest BCUT2D eigenvalue weighted by Crippen LogP contribution is 2.18. The first-order valence-corrected chi connectivity index (χ1v) is 8.66. The summed E-state index contributed by atoms with van der Waals surface area (Å²) in [5.41, 5.74) is 1.35. The van der Waals surface area contributed by atoms with Gasteiger partial charge in [-0.2, -0.15) is 5.10 Å². The minimum absolute atomic E-state index is 0.0160. The second-order valence-corrected chi connectivity index (χ2v) is 7.53. The van der Waals surface area contributed by atoms with E-state index in [1.54, 1.807) is 32.4 Å². The first-order valence-electron chi connectivity index (χ1n) is 8.25.